The number of aromatic nitrogens is 1. The van der Waals surface area contributed by atoms with E-state index in [2.05, 4.69) is 10.3 Å². The number of nitrogens with one attached hydrogen (secondary N) is 2. The van der Waals surface area contributed by atoms with E-state index in [9.17, 15) is 14.7 Å². The molecule has 0 saturated carbocycles. The van der Waals surface area contributed by atoms with Crippen LogP contribution in [-0.4, -0.2) is 46.5 Å². The number of rotatable bonds is 3. The van der Waals surface area contributed by atoms with Gasteiger partial charge in [-0.05, 0) is 6.07 Å². The van der Waals surface area contributed by atoms with Gasteiger partial charge < -0.3 is 15.4 Å². The molecule has 1 atom stereocenters. The smallest absolute Gasteiger partial charge is 0.325 e. The number of para-hydroxylation sites is 1. The summed E-state index contributed by atoms with van der Waals surface area (Å²) in [6.45, 7) is 1.11. The maximum absolute atomic E-state index is 11.7. The number of carbonyl (C=O) groups excluding carboxylic acids is 1. The number of aliphatic carboxylic acids is 1. The highest BCUT2D eigenvalue weighted by Gasteiger charge is 2.32. The van der Waals surface area contributed by atoms with E-state index in [1.165, 1.54) is 0 Å². The summed E-state index contributed by atoms with van der Waals surface area (Å²) in [5.74, 6) is -1.08. The zero-order chi connectivity index (χ0) is 14.1. The second-order valence-corrected chi connectivity index (χ2v) is 4.85. The number of carboxylic acid groups (broad SMARTS) is 1. The van der Waals surface area contributed by atoms with Crippen molar-refractivity contribution in [1.29, 1.82) is 0 Å². The van der Waals surface area contributed by atoms with E-state index in [-0.39, 0.29) is 12.5 Å². The van der Waals surface area contributed by atoms with Crippen LogP contribution in [0, 0.1) is 0 Å². The zero-order valence-corrected chi connectivity index (χ0v) is 10.8. The molecule has 0 radical (unpaired) electrons. The number of amides is 1. The van der Waals surface area contributed by atoms with Crippen LogP contribution in [0.2, 0.25) is 0 Å². The van der Waals surface area contributed by atoms with Crippen molar-refractivity contribution in [2.45, 2.75) is 6.04 Å². The molecule has 1 amide bonds. The molecule has 6 heteroatoms. The maximum Gasteiger partial charge on any atom is 0.325 e. The molecule has 1 saturated heterocycles. The Hall–Kier alpha value is -2.34. The van der Waals surface area contributed by atoms with Crippen LogP contribution in [0.1, 0.15) is 11.6 Å². The van der Waals surface area contributed by atoms with Crippen LogP contribution in [0.15, 0.2) is 30.5 Å². The summed E-state index contributed by atoms with van der Waals surface area (Å²) < 4.78 is 0. The van der Waals surface area contributed by atoms with E-state index in [4.69, 9.17) is 0 Å². The molecular weight excluding hydrogens is 258 g/mol. The summed E-state index contributed by atoms with van der Waals surface area (Å²) in [5, 5.41) is 13.1. The largest absolute Gasteiger partial charge is 0.480 e. The molecule has 0 spiro atoms. The summed E-state index contributed by atoms with van der Waals surface area (Å²) in [7, 11) is 0. The molecule has 1 aliphatic rings. The lowest BCUT2D eigenvalue weighted by atomic mass is 10.0. The number of nitrogens with zero attached hydrogens (tertiary/aromatic N) is 1. The van der Waals surface area contributed by atoms with Gasteiger partial charge in [-0.3, -0.25) is 14.5 Å². The van der Waals surface area contributed by atoms with Crippen LogP contribution < -0.4 is 5.32 Å². The first-order chi connectivity index (χ1) is 9.66. The number of carboxylic acids is 1. The monoisotopic (exact) mass is 273 g/mol. The molecule has 0 bridgehead atoms. The van der Waals surface area contributed by atoms with Crippen molar-refractivity contribution in [2.75, 3.05) is 19.6 Å². The van der Waals surface area contributed by atoms with Gasteiger partial charge in [0.15, 0.2) is 0 Å². The average Bonchev–Trinajstić information content (AvgIpc) is 2.83. The molecule has 6 nitrogen and oxygen atoms in total. The summed E-state index contributed by atoms with van der Waals surface area (Å²) >= 11 is 0. The molecule has 1 aromatic heterocycles. The molecule has 104 valence electrons. The highest BCUT2D eigenvalue weighted by Crippen LogP contribution is 2.28. The molecule has 3 rings (SSSR count). The fourth-order valence-electron chi connectivity index (χ4n) is 2.68. The normalized spacial score (nSPS) is 17.9. The predicted molar refractivity (Wildman–Crippen MR) is 73.3 cm³/mol. The van der Waals surface area contributed by atoms with Gasteiger partial charge >= 0.3 is 5.97 Å². The summed E-state index contributed by atoms with van der Waals surface area (Å²) in [4.78, 5) is 27.9. The van der Waals surface area contributed by atoms with Crippen LogP contribution in [-0.2, 0) is 9.59 Å². The Morgan fingerprint density at radius 2 is 2.15 bits per heavy atom. The number of aromatic amines is 1. The first-order valence-corrected chi connectivity index (χ1v) is 6.46. The minimum Gasteiger partial charge on any atom is -0.480 e. The van der Waals surface area contributed by atoms with Gasteiger partial charge in [0.05, 0.1) is 6.54 Å². The van der Waals surface area contributed by atoms with Gasteiger partial charge in [-0.25, -0.2) is 0 Å². The van der Waals surface area contributed by atoms with E-state index in [1.807, 2.05) is 24.3 Å². The van der Waals surface area contributed by atoms with Crippen LogP contribution >= 0.6 is 0 Å². The van der Waals surface area contributed by atoms with Crippen molar-refractivity contribution >= 4 is 22.8 Å². The molecule has 1 fully saturated rings. The van der Waals surface area contributed by atoms with Crippen LogP contribution in [0.3, 0.4) is 0 Å². The standard InChI is InChI=1S/C14H15N3O3/c18-12-8-17(6-5-15-12)13(14(19)20)10-7-16-11-4-2-1-3-9(10)11/h1-4,7,13,16H,5-6,8H2,(H,15,18)(H,19,20). The van der Waals surface area contributed by atoms with Gasteiger partial charge in [-0.15, -0.1) is 0 Å². The van der Waals surface area contributed by atoms with E-state index < -0.39 is 12.0 Å². The second kappa shape index (κ2) is 4.97. The molecule has 1 aliphatic heterocycles. The minimum absolute atomic E-state index is 0.108. The Balaban J connectivity index is 2.02. The van der Waals surface area contributed by atoms with Gasteiger partial charge in [0.2, 0.25) is 5.91 Å². The quantitative estimate of drug-likeness (QED) is 0.769. The van der Waals surface area contributed by atoms with E-state index in [1.54, 1.807) is 11.1 Å². The molecule has 0 aliphatic carbocycles. The zero-order valence-electron chi connectivity index (χ0n) is 10.8. The number of piperazine rings is 1. The Morgan fingerprint density at radius 1 is 1.35 bits per heavy atom. The maximum atomic E-state index is 11.7. The van der Waals surface area contributed by atoms with E-state index in [0.717, 1.165) is 10.9 Å². The molecule has 1 unspecified atom stereocenters. The number of hydrogen-bond donors (Lipinski definition) is 3. The van der Waals surface area contributed by atoms with Crippen LogP contribution in [0.25, 0.3) is 10.9 Å². The lowest BCUT2D eigenvalue weighted by Gasteiger charge is -2.31. The highest BCUT2D eigenvalue weighted by atomic mass is 16.4. The highest BCUT2D eigenvalue weighted by molar-refractivity contribution is 5.89. The Bertz CT molecular complexity index is 664. The second-order valence-electron chi connectivity index (χ2n) is 4.85. The van der Waals surface area contributed by atoms with Gasteiger partial charge in [-0.2, -0.15) is 0 Å². The van der Waals surface area contributed by atoms with Crippen LogP contribution in [0.4, 0.5) is 0 Å². The summed E-state index contributed by atoms with van der Waals surface area (Å²) in [6.07, 6.45) is 1.72. The van der Waals surface area contributed by atoms with Crippen molar-refractivity contribution in [2.24, 2.45) is 0 Å². The lowest BCUT2D eigenvalue weighted by molar-refractivity contribution is -0.144. The van der Waals surface area contributed by atoms with Crippen molar-refractivity contribution in [3.8, 4) is 0 Å². The van der Waals surface area contributed by atoms with E-state index in [0.29, 0.717) is 18.7 Å². The van der Waals surface area contributed by atoms with Crippen molar-refractivity contribution in [3.05, 3.63) is 36.0 Å². The van der Waals surface area contributed by atoms with Gasteiger partial charge in [0.25, 0.3) is 0 Å². The lowest BCUT2D eigenvalue weighted by Crippen LogP contribution is -2.50. The molecule has 3 N–H and O–H groups in total. The molecule has 2 aromatic rings. The van der Waals surface area contributed by atoms with Gasteiger partial charge in [-0.1, -0.05) is 18.2 Å². The average molecular weight is 273 g/mol. The third-order valence-corrected chi connectivity index (χ3v) is 3.58. The number of fused-ring (bicyclic) bond motifs is 1. The third-order valence-electron chi connectivity index (χ3n) is 3.58. The molecular formula is C14H15N3O3. The van der Waals surface area contributed by atoms with Crippen LogP contribution in [0.5, 0.6) is 0 Å². The number of benzene rings is 1. The predicted octanol–water partition coefficient (Wildman–Crippen LogP) is 0.725. The van der Waals surface area contributed by atoms with Crippen molar-refractivity contribution in [1.82, 2.24) is 15.2 Å². The van der Waals surface area contributed by atoms with Gasteiger partial charge in [0.1, 0.15) is 6.04 Å². The van der Waals surface area contributed by atoms with E-state index >= 15 is 0 Å². The fraction of sp³-hybridized carbons (Fsp3) is 0.286. The number of hydrogen-bond acceptors (Lipinski definition) is 3. The Labute approximate surface area is 115 Å². The first-order valence-electron chi connectivity index (χ1n) is 6.46. The third kappa shape index (κ3) is 2.14. The van der Waals surface area contributed by atoms with Crippen molar-refractivity contribution in [3.63, 3.8) is 0 Å². The topological polar surface area (TPSA) is 85.4 Å². The molecule has 1 aromatic carbocycles. The Morgan fingerprint density at radius 3 is 2.90 bits per heavy atom. The van der Waals surface area contributed by atoms with Crippen molar-refractivity contribution < 1.29 is 14.7 Å². The van der Waals surface area contributed by atoms with Gasteiger partial charge in [0, 0.05) is 35.8 Å². The summed E-state index contributed by atoms with van der Waals surface area (Å²) in [5.41, 5.74) is 1.60. The number of H-pyrrole nitrogens is 1. The Kier molecular flexibility index (Phi) is 3.15. The summed E-state index contributed by atoms with van der Waals surface area (Å²) in [6, 6.07) is 6.76. The number of carbonyl (C=O) groups is 2. The molecule has 2 heterocycles. The molecule has 20 heavy (non-hydrogen) atoms. The SMILES string of the molecule is O=C1CN(C(C(=O)O)c2c[nH]c3ccccc23)CCN1. The minimum atomic E-state index is -0.940. The first kappa shape index (κ1) is 12.7. The fourth-order valence-corrected chi connectivity index (χ4v) is 2.68.